The van der Waals surface area contributed by atoms with Crippen LogP contribution < -0.4 is 14.8 Å². The van der Waals surface area contributed by atoms with Crippen LogP contribution in [-0.4, -0.2) is 78.9 Å². The number of hydrogen-bond acceptors (Lipinski definition) is 8. The molecule has 0 aliphatic carbocycles. The van der Waals surface area contributed by atoms with Crippen LogP contribution in [0.5, 0.6) is 11.7 Å². The van der Waals surface area contributed by atoms with Gasteiger partial charge in [0.1, 0.15) is 5.75 Å². The summed E-state index contributed by atoms with van der Waals surface area (Å²) in [6, 6.07) is 10.8. The van der Waals surface area contributed by atoms with Gasteiger partial charge in [-0.05, 0) is 35.9 Å². The van der Waals surface area contributed by atoms with Gasteiger partial charge in [-0.2, -0.15) is 0 Å². The van der Waals surface area contributed by atoms with Gasteiger partial charge in [0.25, 0.3) is 5.95 Å². The van der Waals surface area contributed by atoms with Crippen molar-refractivity contribution < 1.29 is 23.8 Å². The van der Waals surface area contributed by atoms with Crippen LogP contribution in [0.4, 0.5) is 4.79 Å². The molecule has 0 unspecified atom stereocenters. The molecule has 9 heteroatoms. The summed E-state index contributed by atoms with van der Waals surface area (Å²) in [7, 11) is 1.63. The van der Waals surface area contributed by atoms with E-state index in [4.69, 9.17) is 13.9 Å². The van der Waals surface area contributed by atoms with Gasteiger partial charge in [0, 0.05) is 63.5 Å². The van der Waals surface area contributed by atoms with E-state index < -0.39 is 12.2 Å². The number of amides is 1. The molecule has 0 bridgehead atoms. The molecule has 1 aromatic carbocycles. The number of methoxy groups -OCH3 is 1. The summed E-state index contributed by atoms with van der Waals surface area (Å²) in [4.78, 5) is 20.7. The van der Waals surface area contributed by atoms with Crippen LogP contribution in [0.2, 0.25) is 0 Å². The molecule has 170 valence electrons. The van der Waals surface area contributed by atoms with Crippen LogP contribution in [0.1, 0.15) is 11.7 Å². The fourth-order valence-corrected chi connectivity index (χ4v) is 3.87. The third kappa shape index (κ3) is 5.56. The van der Waals surface area contributed by atoms with E-state index in [1.165, 1.54) is 6.26 Å². The highest BCUT2D eigenvalue weighted by Crippen LogP contribution is 2.27. The number of piperazine rings is 1. The molecule has 1 atom stereocenters. The summed E-state index contributed by atoms with van der Waals surface area (Å²) in [6.45, 7) is 5.21. The van der Waals surface area contributed by atoms with E-state index in [9.17, 15) is 9.90 Å². The lowest BCUT2D eigenvalue weighted by molar-refractivity contribution is 0.0734. The number of aromatic nitrogens is 1. The molecular weight excluding hydrogens is 412 g/mol. The Morgan fingerprint density at radius 2 is 2.03 bits per heavy atom. The molecule has 4 rings (SSSR count). The van der Waals surface area contributed by atoms with Crippen LogP contribution in [0.25, 0.3) is 10.9 Å². The third-order valence-electron chi connectivity index (χ3n) is 5.62. The van der Waals surface area contributed by atoms with Crippen molar-refractivity contribution in [2.45, 2.75) is 6.10 Å². The van der Waals surface area contributed by atoms with Crippen LogP contribution >= 0.6 is 0 Å². The van der Waals surface area contributed by atoms with E-state index in [2.05, 4.69) is 20.1 Å². The Kier molecular flexibility index (Phi) is 7.21. The van der Waals surface area contributed by atoms with Crippen molar-refractivity contribution in [3.8, 4) is 11.7 Å². The van der Waals surface area contributed by atoms with Crippen molar-refractivity contribution in [3.05, 3.63) is 54.4 Å². The first-order valence-electron chi connectivity index (χ1n) is 10.7. The van der Waals surface area contributed by atoms with Crippen LogP contribution in [0.3, 0.4) is 0 Å². The molecule has 2 aromatic heterocycles. The van der Waals surface area contributed by atoms with Crippen LogP contribution in [0, 0.1) is 0 Å². The highest BCUT2D eigenvalue weighted by molar-refractivity contribution is 5.83. The minimum absolute atomic E-state index is 0.176. The number of carbonyl (C=O) groups excluding carboxylic acids is 1. The largest absolute Gasteiger partial charge is 0.497 e. The van der Waals surface area contributed by atoms with Gasteiger partial charge in [0.2, 0.25) is 0 Å². The monoisotopic (exact) mass is 440 g/mol. The molecule has 1 aliphatic rings. The number of benzene rings is 1. The predicted molar refractivity (Wildman–Crippen MR) is 119 cm³/mol. The molecule has 32 heavy (non-hydrogen) atoms. The lowest BCUT2D eigenvalue weighted by Crippen LogP contribution is -2.49. The normalized spacial score (nSPS) is 16.1. The van der Waals surface area contributed by atoms with Crippen LogP contribution in [0.15, 0.2) is 53.3 Å². The fourth-order valence-electron chi connectivity index (χ4n) is 3.87. The van der Waals surface area contributed by atoms with E-state index in [0.29, 0.717) is 13.1 Å². The molecule has 3 aromatic rings. The Labute approximate surface area is 186 Å². The highest BCUT2D eigenvalue weighted by Gasteiger charge is 2.21. The number of aliphatic hydroxyl groups is 1. The quantitative estimate of drug-likeness (QED) is 0.550. The second-order valence-corrected chi connectivity index (χ2v) is 7.69. The summed E-state index contributed by atoms with van der Waals surface area (Å²) in [5.41, 5.74) is 1.70. The molecule has 2 N–H and O–H groups in total. The summed E-state index contributed by atoms with van der Waals surface area (Å²) in [5, 5.41) is 14.6. The predicted octanol–water partition coefficient (Wildman–Crippen LogP) is 2.28. The number of nitrogens with one attached hydrogen (secondary N) is 1. The average Bonchev–Trinajstić information content (AvgIpc) is 3.32. The third-order valence-corrected chi connectivity index (χ3v) is 5.62. The summed E-state index contributed by atoms with van der Waals surface area (Å²) in [6.07, 6.45) is 2.04. The number of nitrogens with zero attached hydrogens (tertiary/aromatic N) is 3. The first-order chi connectivity index (χ1) is 15.6. The van der Waals surface area contributed by atoms with E-state index in [0.717, 1.165) is 54.9 Å². The maximum absolute atomic E-state index is 11.7. The van der Waals surface area contributed by atoms with Crippen LogP contribution in [-0.2, 0) is 0 Å². The van der Waals surface area contributed by atoms with Gasteiger partial charge in [-0.3, -0.25) is 14.8 Å². The Hall–Kier alpha value is -3.14. The molecule has 1 aliphatic heterocycles. The van der Waals surface area contributed by atoms with Crippen molar-refractivity contribution in [2.75, 3.05) is 52.9 Å². The molecule has 1 amide bonds. The van der Waals surface area contributed by atoms with Gasteiger partial charge in [0.15, 0.2) is 0 Å². The molecule has 3 heterocycles. The van der Waals surface area contributed by atoms with Crippen molar-refractivity contribution in [2.24, 2.45) is 0 Å². The SMILES string of the molecule is COc1ccc2nccc([C@@H](O)CN3CCN(CCNC(=O)Oc4ccco4)CC3)c2c1. The Morgan fingerprint density at radius 3 is 2.78 bits per heavy atom. The van der Waals surface area contributed by atoms with Gasteiger partial charge < -0.3 is 24.3 Å². The van der Waals surface area contributed by atoms with Gasteiger partial charge in [-0.1, -0.05) is 0 Å². The van der Waals surface area contributed by atoms with E-state index in [1.54, 1.807) is 25.4 Å². The maximum atomic E-state index is 11.7. The summed E-state index contributed by atoms with van der Waals surface area (Å²) < 4.78 is 15.3. The number of aliphatic hydroxyl groups excluding tert-OH is 1. The fraction of sp³-hybridized carbons (Fsp3) is 0.391. The zero-order valence-electron chi connectivity index (χ0n) is 18.1. The number of rotatable bonds is 8. The zero-order chi connectivity index (χ0) is 22.3. The smallest absolute Gasteiger partial charge is 0.415 e. The van der Waals surface area contributed by atoms with E-state index >= 15 is 0 Å². The number of pyridine rings is 1. The van der Waals surface area contributed by atoms with Crippen molar-refractivity contribution in [1.29, 1.82) is 0 Å². The molecule has 0 spiro atoms. The van der Waals surface area contributed by atoms with Gasteiger partial charge in [0.05, 0.1) is 25.0 Å². The Bertz CT molecular complexity index is 1020. The van der Waals surface area contributed by atoms with Crippen molar-refractivity contribution in [1.82, 2.24) is 20.1 Å². The molecule has 0 saturated carbocycles. The lowest BCUT2D eigenvalue weighted by Gasteiger charge is -2.35. The zero-order valence-corrected chi connectivity index (χ0v) is 18.1. The maximum Gasteiger partial charge on any atom is 0.415 e. The lowest BCUT2D eigenvalue weighted by atomic mass is 10.0. The molecular formula is C23H28N4O5. The average molecular weight is 441 g/mol. The first kappa shape index (κ1) is 22.1. The standard InChI is InChI=1S/C23H28N4O5/c1-30-17-4-5-20-19(15-17)18(6-7-24-20)21(28)16-27-12-10-26(11-13-27)9-8-25-23(29)32-22-3-2-14-31-22/h2-7,14-15,21,28H,8-13,16H2,1H3,(H,25,29)/t21-/m0/s1. The Balaban J connectivity index is 1.23. The van der Waals surface area contributed by atoms with Crippen molar-refractivity contribution >= 4 is 17.0 Å². The minimum atomic E-state index is -0.614. The second kappa shape index (κ2) is 10.4. The number of fused-ring (bicyclic) bond motifs is 1. The van der Waals surface area contributed by atoms with Gasteiger partial charge in [-0.25, -0.2) is 4.79 Å². The number of β-amino-alcohol motifs (C(OH)–C–C–N with tert-alkyl or cyclic N) is 1. The van der Waals surface area contributed by atoms with E-state index in [-0.39, 0.29) is 5.95 Å². The summed E-state index contributed by atoms with van der Waals surface area (Å²) >= 11 is 0. The number of ether oxygens (including phenoxy) is 2. The number of carbonyl (C=O) groups is 1. The summed E-state index contributed by atoms with van der Waals surface area (Å²) in [5.74, 6) is 0.921. The van der Waals surface area contributed by atoms with Gasteiger partial charge >= 0.3 is 6.09 Å². The molecule has 1 fully saturated rings. The van der Waals surface area contributed by atoms with Gasteiger partial charge in [-0.15, -0.1) is 0 Å². The molecule has 9 nitrogen and oxygen atoms in total. The topological polar surface area (TPSA) is 100 Å². The number of furan rings is 1. The molecule has 1 saturated heterocycles. The van der Waals surface area contributed by atoms with E-state index in [1.807, 2.05) is 24.3 Å². The van der Waals surface area contributed by atoms with Crippen molar-refractivity contribution in [3.63, 3.8) is 0 Å². The second-order valence-electron chi connectivity index (χ2n) is 7.69. The number of hydrogen-bond donors (Lipinski definition) is 2. The molecule has 0 radical (unpaired) electrons. The Morgan fingerprint density at radius 1 is 1.22 bits per heavy atom. The first-order valence-corrected chi connectivity index (χ1v) is 10.7. The highest BCUT2D eigenvalue weighted by atomic mass is 16.6. The minimum Gasteiger partial charge on any atom is -0.497 e.